The van der Waals surface area contributed by atoms with Gasteiger partial charge in [0.25, 0.3) is 0 Å². The number of nitrogens with zero attached hydrogens (tertiary/aromatic N) is 2. The predicted molar refractivity (Wildman–Crippen MR) is 104 cm³/mol. The molecule has 0 saturated heterocycles. The molecule has 1 aromatic carbocycles. The Kier molecular flexibility index (Phi) is 6.58. The molecular weight excluding hydrogens is 352 g/mol. The Morgan fingerprint density at radius 1 is 1.19 bits per heavy atom. The summed E-state index contributed by atoms with van der Waals surface area (Å²) in [4.78, 5) is 23.3. The number of halogens is 1. The lowest BCUT2D eigenvalue weighted by Crippen LogP contribution is -2.39. The van der Waals surface area contributed by atoms with Gasteiger partial charge < -0.3 is 9.88 Å². The quantitative estimate of drug-likeness (QED) is 0.479. The van der Waals surface area contributed by atoms with Crippen LogP contribution in [-0.4, -0.2) is 29.1 Å². The molecule has 1 aromatic heterocycles. The zero-order valence-corrected chi connectivity index (χ0v) is 16.1. The van der Waals surface area contributed by atoms with Crippen molar-refractivity contribution in [2.45, 2.75) is 27.7 Å². The number of benzene rings is 1. The van der Waals surface area contributed by atoms with E-state index in [2.05, 4.69) is 20.4 Å². The van der Waals surface area contributed by atoms with Gasteiger partial charge in [0, 0.05) is 34.2 Å². The molecule has 0 bridgehead atoms. The second kappa shape index (κ2) is 8.67. The first-order chi connectivity index (χ1) is 12.3. The third kappa shape index (κ3) is 4.95. The van der Waals surface area contributed by atoms with Crippen LogP contribution >= 0.6 is 11.6 Å². The summed E-state index contributed by atoms with van der Waals surface area (Å²) in [5.41, 5.74) is 6.07. The van der Waals surface area contributed by atoms with Gasteiger partial charge in [-0.15, -0.1) is 0 Å². The van der Waals surface area contributed by atoms with E-state index in [0.29, 0.717) is 11.6 Å². The van der Waals surface area contributed by atoms with Crippen LogP contribution in [0.4, 0.5) is 0 Å². The maximum atomic E-state index is 11.7. The molecule has 0 aliphatic carbocycles. The van der Waals surface area contributed by atoms with E-state index in [1.165, 1.54) is 6.21 Å². The fraction of sp³-hybridized carbons (Fsp3) is 0.316. The SMILES string of the molecule is Cc1cc(/C=N\NC(=O)C(=O)NCC(C)C)c(C)n1-c1ccc(Cl)cc1. The molecule has 0 fully saturated rings. The molecule has 0 saturated carbocycles. The van der Waals surface area contributed by atoms with Crippen LogP contribution in [0.15, 0.2) is 35.4 Å². The first kappa shape index (κ1) is 19.7. The number of carbonyl (C=O) groups excluding carboxylic acids is 2. The number of amides is 2. The minimum absolute atomic E-state index is 0.272. The van der Waals surface area contributed by atoms with E-state index in [0.717, 1.165) is 22.6 Å². The number of hydrogen-bond acceptors (Lipinski definition) is 3. The number of aryl methyl sites for hydroxylation is 1. The second-order valence-electron chi connectivity index (χ2n) is 6.44. The van der Waals surface area contributed by atoms with Crippen molar-refractivity contribution in [2.75, 3.05) is 6.54 Å². The average molecular weight is 375 g/mol. The van der Waals surface area contributed by atoms with Crippen LogP contribution in [-0.2, 0) is 9.59 Å². The van der Waals surface area contributed by atoms with Crippen LogP contribution in [0.2, 0.25) is 5.02 Å². The fourth-order valence-corrected chi connectivity index (χ4v) is 2.62. The highest BCUT2D eigenvalue weighted by Crippen LogP contribution is 2.21. The highest BCUT2D eigenvalue weighted by atomic mass is 35.5. The van der Waals surface area contributed by atoms with Crippen molar-refractivity contribution in [3.05, 3.63) is 52.3 Å². The third-order valence-electron chi connectivity index (χ3n) is 3.80. The minimum Gasteiger partial charge on any atom is -0.348 e. The summed E-state index contributed by atoms with van der Waals surface area (Å²) in [5.74, 6) is -1.20. The van der Waals surface area contributed by atoms with Gasteiger partial charge in [0.15, 0.2) is 0 Å². The standard InChI is InChI=1S/C19H23ClN4O2/c1-12(2)10-21-18(25)19(26)23-22-11-15-9-13(3)24(14(15)4)17-7-5-16(20)6-8-17/h5-9,11-12H,10H2,1-4H3,(H,21,25)(H,23,26)/b22-11-. The highest BCUT2D eigenvalue weighted by Gasteiger charge is 2.13. The normalized spacial score (nSPS) is 11.2. The van der Waals surface area contributed by atoms with Crippen LogP contribution in [0.25, 0.3) is 5.69 Å². The Morgan fingerprint density at radius 2 is 1.85 bits per heavy atom. The number of aromatic nitrogens is 1. The van der Waals surface area contributed by atoms with E-state index in [9.17, 15) is 9.59 Å². The molecule has 2 amide bonds. The van der Waals surface area contributed by atoms with Gasteiger partial charge in [-0.05, 0) is 50.1 Å². The summed E-state index contributed by atoms with van der Waals surface area (Å²) >= 11 is 5.94. The Morgan fingerprint density at radius 3 is 2.46 bits per heavy atom. The molecular formula is C19H23ClN4O2. The van der Waals surface area contributed by atoms with Gasteiger partial charge >= 0.3 is 11.8 Å². The van der Waals surface area contributed by atoms with Crippen molar-refractivity contribution >= 4 is 29.6 Å². The van der Waals surface area contributed by atoms with E-state index < -0.39 is 11.8 Å². The zero-order chi connectivity index (χ0) is 19.3. The summed E-state index contributed by atoms with van der Waals surface area (Å²) in [6.07, 6.45) is 1.53. The summed E-state index contributed by atoms with van der Waals surface area (Å²) in [6.45, 7) is 8.29. The molecule has 1 heterocycles. The lowest BCUT2D eigenvalue weighted by molar-refractivity contribution is -0.139. The van der Waals surface area contributed by atoms with Gasteiger partial charge in [-0.2, -0.15) is 5.10 Å². The van der Waals surface area contributed by atoms with Gasteiger partial charge in [0.2, 0.25) is 0 Å². The van der Waals surface area contributed by atoms with E-state index >= 15 is 0 Å². The second-order valence-corrected chi connectivity index (χ2v) is 6.88. The molecule has 2 rings (SSSR count). The van der Waals surface area contributed by atoms with Crippen molar-refractivity contribution in [3.8, 4) is 5.69 Å². The Bertz CT molecular complexity index is 823. The van der Waals surface area contributed by atoms with Gasteiger partial charge in [0.1, 0.15) is 0 Å². The molecule has 6 nitrogen and oxygen atoms in total. The molecule has 0 aliphatic heterocycles. The van der Waals surface area contributed by atoms with Crippen LogP contribution in [0.5, 0.6) is 0 Å². The lowest BCUT2D eigenvalue weighted by atomic mass is 10.2. The number of hydrogen-bond donors (Lipinski definition) is 2. The van der Waals surface area contributed by atoms with Crippen molar-refractivity contribution in [1.29, 1.82) is 0 Å². The smallest absolute Gasteiger partial charge is 0.329 e. The Hall–Kier alpha value is -2.60. The first-order valence-corrected chi connectivity index (χ1v) is 8.73. The van der Waals surface area contributed by atoms with E-state index in [1.54, 1.807) is 0 Å². The highest BCUT2D eigenvalue weighted by molar-refractivity contribution is 6.35. The molecule has 2 aromatic rings. The van der Waals surface area contributed by atoms with Crippen molar-refractivity contribution < 1.29 is 9.59 Å². The minimum atomic E-state index is -0.784. The molecule has 7 heteroatoms. The summed E-state index contributed by atoms with van der Waals surface area (Å²) in [5, 5.41) is 7.11. The molecule has 0 spiro atoms. The summed E-state index contributed by atoms with van der Waals surface area (Å²) < 4.78 is 2.06. The maximum Gasteiger partial charge on any atom is 0.329 e. The zero-order valence-electron chi connectivity index (χ0n) is 15.3. The lowest BCUT2D eigenvalue weighted by Gasteiger charge is -2.09. The third-order valence-corrected chi connectivity index (χ3v) is 4.05. The molecule has 26 heavy (non-hydrogen) atoms. The van der Waals surface area contributed by atoms with E-state index in [1.807, 2.05) is 58.0 Å². The largest absolute Gasteiger partial charge is 0.348 e. The Balaban J connectivity index is 2.07. The van der Waals surface area contributed by atoms with Crippen LogP contribution in [0.3, 0.4) is 0 Å². The van der Waals surface area contributed by atoms with Gasteiger partial charge in [-0.25, -0.2) is 5.43 Å². The van der Waals surface area contributed by atoms with Crippen molar-refractivity contribution in [3.63, 3.8) is 0 Å². The summed E-state index contributed by atoms with van der Waals surface area (Å²) in [6, 6.07) is 9.49. The van der Waals surface area contributed by atoms with Crippen LogP contribution in [0.1, 0.15) is 30.8 Å². The number of carbonyl (C=O) groups is 2. The van der Waals surface area contributed by atoms with Gasteiger partial charge in [0.05, 0.1) is 6.21 Å². The fourth-order valence-electron chi connectivity index (χ4n) is 2.49. The molecule has 0 atom stereocenters. The maximum absolute atomic E-state index is 11.7. The number of hydrazone groups is 1. The topological polar surface area (TPSA) is 75.5 Å². The summed E-state index contributed by atoms with van der Waals surface area (Å²) in [7, 11) is 0. The molecule has 0 unspecified atom stereocenters. The number of nitrogens with one attached hydrogen (secondary N) is 2. The molecule has 2 N–H and O–H groups in total. The van der Waals surface area contributed by atoms with Crippen molar-refractivity contribution in [2.24, 2.45) is 11.0 Å². The average Bonchev–Trinajstić information content (AvgIpc) is 2.87. The predicted octanol–water partition coefficient (Wildman–Crippen LogP) is 2.97. The van der Waals surface area contributed by atoms with Crippen LogP contribution in [0, 0.1) is 19.8 Å². The van der Waals surface area contributed by atoms with E-state index in [4.69, 9.17) is 11.6 Å². The molecule has 0 aliphatic rings. The molecule has 0 radical (unpaired) electrons. The van der Waals surface area contributed by atoms with Gasteiger partial charge in [-0.1, -0.05) is 25.4 Å². The van der Waals surface area contributed by atoms with Crippen LogP contribution < -0.4 is 10.7 Å². The van der Waals surface area contributed by atoms with Gasteiger partial charge in [-0.3, -0.25) is 9.59 Å². The Labute approximate surface area is 158 Å². The molecule has 138 valence electrons. The van der Waals surface area contributed by atoms with Crippen molar-refractivity contribution in [1.82, 2.24) is 15.3 Å². The number of rotatable bonds is 5. The first-order valence-electron chi connectivity index (χ1n) is 8.35. The monoisotopic (exact) mass is 374 g/mol. The van der Waals surface area contributed by atoms with E-state index in [-0.39, 0.29) is 5.92 Å².